The van der Waals surface area contributed by atoms with Gasteiger partial charge in [0.25, 0.3) is 0 Å². The van der Waals surface area contributed by atoms with E-state index in [9.17, 15) is 5.11 Å². The highest BCUT2D eigenvalue weighted by Crippen LogP contribution is 2.27. The van der Waals surface area contributed by atoms with Gasteiger partial charge in [0.05, 0.1) is 18.3 Å². The van der Waals surface area contributed by atoms with E-state index in [2.05, 4.69) is 58.5 Å². The van der Waals surface area contributed by atoms with Crippen molar-refractivity contribution in [2.24, 2.45) is 11.8 Å². The van der Waals surface area contributed by atoms with Crippen molar-refractivity contribution in [2.45, 2.75) is 37.4 Å². The third-order valence-corrected chi connectivity index (χ3v) is 6.83. The lowest BCUT2D eigenvalue weighted by Crippen LogP contribution is -2.08. The monoisotopic (exact) mass is 488 g/mol. The minimum atomic E-state index is 0.0839. The molecule has 182 valence electrons. The first kappa shape index (κ1) is 25.1. The fourth-order valence-corrected chi connectivity index (χ4v) is 4.66. The number of benzene rings is 1. The van der Waals surface area contributed by atoms with E-state index in [0.29, 0.717) is 36.5 Å². The quantitative estimate of drug-likeness (QED) is 0.315. The second-order valence-corrected chi connectivity index (χ2v) is 9.74. The Hall–Kier alpha value is -3.01. The van der Waals surface area contributed by atoms with E-state index >= 15 is 0 Å². The van der Waals surface area contributed by atoms with Crippen LogP contribution in [0.25, 0.3) is 0 Å². The molecule has 1 heterocycles. The van der Waals surface area contributed by atoms with Crippen LogP contribution in [0.4, 0.5) is 0 Å². The highest BCUT2D eigenvalue weighted by Gasteiger charge is 2.18. The Labute approximate surface area is 212 Å². The van der Waals surface area contributed by atoms with Crippen LogP contribution in [0.2, 0.25) is 0 Å². The lowest BCUT2D eigenvalue weighted by Gasteiger charge is -2.17. The molecule has 1 N–H and O–H groups in total. The molecule has 2 aliphatic rings. The van der Waals surface area contributed by atoms with E-state index in [0.717, 1.165) is 36.3 Å². The minimum Gasteiger partial charge on any atom is -0.493 e. The van der Waals surface area contributed by atoms with Crippen molar-refractivity contribution in [3.63, 3.8) is 0 Å². The summed E-state index contributed by atoms with van der Waals surface area (Å²) in [6.45, 7) is 0.809. The van der Waals surface area contributed by atoms with Gasteiger partial charge in [-0.1, -0.05) is 72.6 Å². The van der Waals surface area contributed by atoms with E-state index in [4.69, 9.17) is 9.15 Å². The first-order chi connectivity index (χ1) is 17.3. The number of nitrogens with zero attached hydrogens (tertiary/aromatic N) is 2. The average molecular weight is 489 g/mol. The number of aromatic nitrogens is 2. The zero-order chi connectivity index (χ0) is 24.1. The second kappa shape index (κ2) is 13.8. The molecular formula is C29H32N2O3S. The van der Waals surface area contributed by atoms with Gasteiger partial charge in [-0.3, -0.25) is 0 Å². The van der Waals surface area contributed by atoms with Gasteiger partial charge in [-0.2, -0.15) is 0 Å². The summed E-state index contributed by atoms with van der Waals surface area (Å²) < 4.78 is 11.6. The number of thioether (sulfide) groups is 1. The van der Waals surface area contributed by atoms with Gasteiger partial charge in [0, 0.05) is 23.9 Å². The highest BCUT2D eigenvalue weighted by atomic mass is 32.2. The molecule has 2 aliphatic carbocycles. The number of aliphatic hydroxyl groups is 1. The zero-order valence-corrected chi connectivity index (χ0v) is 20.7. The van der Waals surface area contributed by atoms with Gasteiger partial charge in [-0.05, 0) is 43.7 Å². The smallest absolute Gasteiger partial charge is 0.226 e. The molecule has 0 saturated carbocycles. The predicted molar refractivity (Wildman–Crippen MR) is 141 cm³/mol. The van der Waals surface area contributed by atoms with Crippen LogP contribution in [-0.4, -0.2) is 34.3 Å². The lowest BCUT2D eigenvalue weighted by atomic mass is 9.88. The number of allylic oxidation sites excluding steroid dienone is 8. The van der Waals surface area contributed by atoms with Crippen LogP contribution in [-0.2, 0) is 5.75 Å². The van der Waals surface area contributed by atoms with Gasteiger partial charge in [-0.25, -0.2) is 0 Å². The third kappa shape index (κ3) is 8.31. The molecule has 35 heavy (non-hydrogen) atoms. The summed E-state index contributed by atoms with van der Waals surface area (Å²) in [5, 5.41) is 17.9. The molecule has 2 aromatic rings. The summed E-state index contributed by atoms with van der Waals surface area (Å²) in [5.41, 5.74) is 1.01. The predicted octanol–water partition coefficient (Wildman–Crippen LogP) is 5.88. The van der Waals surface area contributed by atoms with Crippen LogP contribution in [0.5, 0.6) is 5.75 Å². The Bertz CT molecular complexity index is 1110. The fourth-order valence-electron chi connectivity index (χ4n) is 4.03. The number of hydrogen-bond donors (Lipinski definition) is 1. The molecule has 1 aromatic heterocycles. The molecule has 1 aromatic carbocycles. The maximum absolute atomic E-state index is 9.43. The largest absolute Gasteiger partial charge is 0.493 e. The Morgan fingerprint density at radius 2 is 2.06 bits per heavy atom. The summed E-state index contributed by atoms with van der Waals surface area (Å²) in [4.78, 5) is 0. The molecule has 0 fully saturated rings. The molecule has 3 unspecified atom stereocenters. The summed E-state index contributed by atoms with van der Waals surface area (Å²) >= 11 is 1.72. The first-order valence-electron chi connectivity index (χ1n) is 12.2. The molecule has 0 bridgehead atoms. The van der Waals surface area contributed by atoms with Crippen molar-refractivity contribution in [3.8, 4) is 17.6 Å². The maximum Gasteiger partial charge on any atom is 0.226 e. The first-order valence-corrected chi connectivity index (χ1v) is 13.4. The van der Waals surface area contributed by atoms with E-state index < -0.39 is 0 Å². The SMILES string of the molecule is OCCC(C#CC1=CCC(c2nnc(CSCCOc3ccccc3)o2)C=C1)CC1C=CC=CC1. The van der Waals surface area contributed by atoms with Crippen LogP contribution in [0.3, 0.4) is 0 Å². The molecule has 4 rings (SSSR count). The van der Waals surface area contributed by atoms with Crippen molar-refractivity contribution in [2.75, 3.05) is 19.0 Å². The number of para-hydroxylation sites is 1. The molecule has 0 saturated heterocycles. The summed E-state index contributed by atoms with van der Waals surface area (Å²) in [6, 6.07) is 9.82. The van der Waals surface area contributed by atoms with Crippen molar-refractivity contribution < 1.29 is 14.3 Å². The molecule has 0 amide bonds. The fraction of sp³-hybridized carbons (Fsp3) is 0.379. The number of hydrogen-bond acceptors (Lipinski definition) is 6. The Morgan fingerprint density at radius 1 is 1.14 bits per heavy atom. The third-order valence-electron chi connectivity index (χ3n) is 5.92. The Morgan fingerprint density at radius 3 is 2.83 bits per heavy atom. The summed E-state index contributed by atoms with van der Waals surface area (Å²) in [5.74, 6) is 11.2. The van der Waals surface area contributed by atoms with Crippen molar-refractivity contribution in [1.82, 2.24) is 10.2 Å². The van der Waals surface area contributed by atoms with Gasteiger partial charge in [0.1, 0.15) is 5.75 Å². The van der Waals surface area contributed by atoms with Gasteiger partial charge in [0.15, 0.2) is 0 Å². The van der Waals surface area contributed by atoms with E-state index in [-0.39, 0.29) is 18.4 Å². The van der Waals surface area contributed by atoms with Crippen molar-refractivity contribution >= 4 is 11.8 Å². The van der Waals surface area contributed by atoms with Crippen LogP contribution >= 0.6 is 11.8 Å². The molecular weight excluding hydrogens is 456 g/mol. The van der Waals surface area contributed by atoms with Crippen LogP contribution in [0.15, 0.2) is 82.9 Å². The number of ether oxygens (including phenoxy) is 1. The zero-order valence-electron chi connectivity index (χ0n) is 19.9. The van der Waals surface area contributed by atoms with Gasteiger partial charge < -0.3 is 14.3 Å². The molecule has 3 atom stereocenters. The van der Waals surface area contributed by atoms with Crippen LogP contribution in [0, 0.1) is 23.7 Å². The van der Waals surface area contributed by atoms with Crippen LogP contribution in [0.1, 0.15) is 43.4 Å². The van der Waals surface area contributed by atoms with Crippen molar-refractivity contribution in [3.05, 3.63) is 90.2 Å². The topological polar surface area (TPSA) is 68.4 Å². The van der Waals surface area contributed by atoms with Crippen LogP contribution < -0.4 is 4.74 Å². The Kier molecular flexibility index (Phi) is 9.87. The second-order valence-electron chi connectivity index (χ2n) is 8.63. The highest BCUT2D eigenvalue weighted by molar-refractivity contribution is 7.98. The van der Waals surface area contributed by atoms with Crippen molar-refractivity contribution in [1.29, 1.82) is 0 Å². The van der Waals surface area contributed by atoms with Gasteiger partial charge in [0.2, 0.25) is 11.8 Å². The van der Waals surface area contributed by atoms with Gasteiger partial charge >= 0.3 is 0 Å². The standard InChI is InChI=1S/C29H32N2O3S/c32-18-17-25(21-24-7-3-1-4-8-24)12-11-23-13-15-26(16-14-23)29-31-30-28(34-29)22-35-20-19-33-27-9-5-2-6-10-27/h1-7,9-10,13-15,24-26,32H,8,16-22H2. The molecule has 6 heteroatoms. The summed E-state index contributed by atoms with van der Waals surface area (Å²) in [7, 11) is 0. The van der Waals surface area contributed by atoms with E-state index in [1.165, 1.54) is 0 Å². The molecule has 0 aliphatic heterocycles. The molecule has 0 radical (unpaired) electrons. The normalized spacial score (nSPS) is 19.6. The molecule has 5 nitrogen and oxygen atoms in total. The Balaban J connectivity index is 1.21. The van der Waals surface area contributed by atoms with Gasteiger partial charge in [-0.15, -0.1) is 22.0 Å². The lowest BCUT2D eigenvalue weighted by molar-refractivity contribution is 0.264. The number of aliphatic hydroxyl groups excluding tert-OH is 1. The molecule has 0 spiro atoms. The summed E-state index contributed by atoms with van der Waals surface area (Å²) in [6.07, 6.45) is 18.4. The average Bonchev–Trinajstić information content (AvgIpc) is 3.38. The van der Waals surface area contributed by atoms with E-state index in [1.54, 1.807) is 11.8 Å². The van der Waals surface area contributed by atoms with E-state index in [1.807, 2.05) is 36.4 Å². The maximum atomic E-state index is 9.43. The number of rotatable bonds is 11. The minimum absolute atomic E-state index is 0.0839.